The van der Waals surface area contributed by atoms with E-state index in [4.69, 9.17) is 11.6 Å². The predicted octanol–water partition coefficient (Wildman–Crippen LogP) is 4.75. The minimum absolute atomic E-state index is 0.0902. The number of rotatable bonds is 5. The van der Waals surface area contributed by atoms with Gasteiger partial charge in [0.25, 0.3) is 17.5 Å². The van der Waals surface area contributed by atoms with Crippen molar-refractivity contribution in [2.75, 3.05) is 10.6 Å². The van der Waals surface area contributed by atoms with Gasteiger partial charge < -0.3 is 10.6 Å². The number of halogens is 1. The van der Waals surface area contributed by atoms with Crippen molar-refractivity contribution in [2.24, 2.45) is 0 Å². The van der Waals surface area contributed by atoms with E-state index in [9.17, 15) is 19.7 Å². The minimum atomic E-state index is -0.532. The van der Waals surface area contributed by atoms with E-state index in [1.54, 1.807) is 48.5 Å². The smallest absolute Gasteiger partial charge is 0.269 e. The predicted molar refractivity (Wildman–Crippen MR) is 107 cm³/mol. The van der Waals surface area contributed by atoms with Gasteiger partial charge in [-0.2, -0.15) is 0 Å². The quantitative estimate of drug-likeness (QED) is 0.480. The molecule has 0 spiro atoms. The Morgan fingerprint density at radius 1 is 0.714 bits per heavy atom. The highest BCUT2D eigenvalue weighted by Crippen LogP contribution is 2.17. The van der Waals surface area contributed by atoms with Gasteiger partial charge in [-0.15, -0.1) is 0 Å². The average molecular weight is 396 g/mol. The molecular formula is C20H14ClN3O4. The van der Waals surface area contributed by atoms with Crippen LogP contribution in [-0.2, 0) is 0 Å². The number of nitro benzene ring substituents is 1. The number of non-ortho nitro benzene ring substituents is 1. The Bertz CT molecular complexity index is 1020. The molecule has 0 aliphatic rings. The molecule has 0 fully saturated rings. The Labute approximate surface area is 165 Å². The van der Waals surface area contributed by atoms with Crippen LogP contribution in [-0.4, -0.2) is 16.7 Å². The van der Waals surface area contributed by atoms with Crippen molar-refractivity contribution in [2.45, 2.75) is 0 Å². The lowest BCUT2D eigenvalue weighted by atomic mass is 10.1. The van der Waals surface area contributed by atoms with Gasteiger partial charge in [-0.3, -0.25) is 19.7 Å². The van der Waals surface area contributed by atoms with Crippen LogP contribution >= 0.6 is 11.6 Å². The maximum absolute atomic E-state index is 12.3. The van der Waals surface area contributed by atoms with Crippen molar-refractivity contribution < 1.29 is 14.5 Å². The molecule has 3 aromatic carbocycles. The summed E-state index contributed by atoms with van der Waals surface area (Å²) in [5.74, 6) is -0.705. The molecule has 28 heavy (non-hydrogen) atoms. The van der Waals surface area contributed by atoms with Crippen LogP contribution in [0.1, 0.15) is 20.7 Å². The highest BCUT2D eigenvalue weighted by Gasteiger charge is 2.11. The zero-order chi connectivity index (χ0) is 20.1. The van der Waals surface area contributed by atoms with Crippen molar-refractivity contribution in [3.8, 4) is 0 Å². The fourth-order valence-corrected chi connectivity index (χ4v) is 2.51. The number of nitrogens with one attached hydrogen (secondary N) is 2. The third-order valence-corrected chi connectivity index (χ3v) is 4.10. The molecule has 140 valence electrons. The monoisotopic (exact) mass is 395 g/mol. The largest absolute Gasteiger partial charge is 0.322 e. The third kappa shape index (κ3) is 4.72. The summed E-state index contributed by atoms with van der Waals surface area (Å²) in [7, 11) is 0. The van der Waals surface area contributed by atoms with Crippen molar-refractivity contribution in [1.82, 2.24) is 0 Å². The van der Waals surface area contributed by atoms with Gasteiger partial charge in [-0.1, -0.05) is 11.6 Å². The van der Waals surface area contributed by atoms with Crippen LogP contribution in [0.3, 0.4) is 0 Å². The van der Waals surface area contributed by atoms with Gasteiger partial charge in [0, 0.05) is 39.7 Å². The van der Waals surface area contributed by atoms with Crippen LogP contribution in [0.15, 0.2) is 72.8 Å². The summed E-state index contributed by atoms with van der Waals surface area (Å²) in [4.78, 5) is 34.6. The molecule has 0 bridgehead atoms. The zero-order valence-electron chi connectivity index (χ0n) is 14.4. The van der Waals surface area contributed by atoms with Crippen LogP contribution in [0, 0.1) is 10.1 Å². The fraction of sp³-hybridized carbons (Fsp3) is 0. The molecule has 2 N–H and O–H groups in total. The van der Waals surface area contributed by atoms with Crippen LogP contribution in [0.5, 0.6) is 0 Å². The molecule has 2 amide bonds. The van der Waals surface area contributed by atoms with Gasteiger partial charge >= 0.3 is 0 Å². The summed E-state index contributed by atoms with van der Waals surface area (Å²) >= 11 is 5.81. The lowest BCUT2D eigenvalue weighted by molar-refractivity contribution is -0.384. The second-order valence-electron chi connectivity index (χ2n) is 5.80. The highest BCUT2D eigenvalue weighted by molar-refractivity contribution is 6.30. The van der Waals surface area contributed by atoms with E-state index in [0.29, 0.717) is 22.0 Å². The second kappa shape index (κ2) is 8.32. The maximum atomic E-state index is 12.3. The van der Waals surface area contributed by atoms with E-state index < -0.39 is 10.8 Å². The number of nitrogens with zero attached hydrogens (tertiary/aromatic N) is 1. The number of anilines is 2. The molecular weight excluding hydrogens is 382 g/mol. The first-order valence-corrected chi connectivity index (χ1v) is 8.53. The Kier molecular flexibility index (Phi) is 5.67. The van der Waals surface area contributed by atoms with E-state index in [2.05, 4.69) is 10.6 Å². The number of hydrogen-bond acceptors (Lipinski definition) is 4. The van der Waals surface area contributed by atoms with Gasteiger partial charge in [0.05, 0.1) is 4.92 Å². The van der Waals surface area contributed by atoms with E-state index in [0.717, 1.165) is 0 Å². The first-order valence-electron chi connectivity index (χ1n) is 8.15. The number of carbonyl (C=O) groups excluding carboxylic acids is 2. The van der Waals surface area contributed by atoms with Crippen molar-refractivity contribution in [3.63, 3.8) is 0 Å². The van der Waals surface area contributed by atoms with Gasteiger partial charge in [-0.05, 0) is 60.7 Å². The Hall–Kier alpha value is -3.71. The SMILES string of the molecule is O=C(Nc1ccc(Cl)cc1)c1ccc(NC(=O)c2ccc([N+](=O)[O-])cc2)cc1. The summed E-state index contributed by atoms with van der Waals surface area (Å²) in [5.41, 5.74) is 1.72. The zero-order valence-corrected chi connectivity index (χ0v) is 15.1. The van der Waals surface area contributed by atoms with Gasteiger partial charge in [0.15, 0.2) is 0 Å². The fourth-order valence-electron chi connectivity index (χ4n) is 2.38. The topological polar surface area (TPSA) is 101 Å². The number of benzene rings is 3. The molecule has 0 unspecified atom stereocenters. The van der Waals surface area contributed by atoms with E-state index >= 15 is 0 Å². The highest BCUT2D eigenvalue weighted by atomic mass is 35.5. The van der Waals surface area contributed by atoms with E-state index in [-0.39, 0.29) is 17.2 Å². The molecule has 0 saturated heterocycles. The first kappa shape index (κ1) is 19.1. The van der Waals surface area contributed by atoms with Crippen LogP contribution in [0.4, 0.5) is 17.1 Å². The Morgan fingerprint density at radius 2 is 1.11 bits per heavy atom. The van der Waals surface area contributed by atoms with Gasteiger partial charge in [-0.25, -0.2) is 0 Å². The number of carbonyl (C=O) groups is 2. The standard InChI is InChI=1S/C20H14ClN3O4/c21-15-5-9-17(10-6-15)23-19(25)13-1-7-16(8-2-13)22-20(26)14-3-11-18(12-4-14)24(27)28/h1-12H,(H,22,26)(H,23,25). The average Bonchev–Trinajstić information content (AvgIpc) is 2.70. The molecule has 3 rings (SSSR count). The van der Waals surface area contributed by atoms with Crippen LogP contribution < -0.4 is 10.6 Å². The molecule has 7 nitrogen and oxygen atoms in total. The molecule has 0 radical (unpaired) electrons. The Morgan fingerprint density at radius 3 is 1.54 bits per heavy atom. The Balaban J connectivity index is 1.63. The third-order valence-electron chi connectivity index (χ3n) is 3.85. The molecule has 0 saturated carbocycles. The van der Waals surface area contributed by atoms with Gasteiger partial charge in [0.2, 0.25) is 0 Å². The molecule has 8 heteroatoms. The summed E-state index contributed by atoms with van der Waals surface area (Å²) in [6.45, 7) is 0. The molecule has 0 aromatic heterocycles. The van der Waals surface area contributed by atoms with Crippen molar-refractivity contribution in [1.29, 1.82) is 0 Å². The summed E-state index contributed by atoms with van der Waals surface area (Å²) in [5, 5.41) is 16.7. The molecule has 3 aromatic rings. The number of nitro groups is 1. The van der Waals surface area contributed by atoms with Crippen molar-refractivity contribution >= 4 is 40.5 Å². The maximum Gasteiger partial charge on any atom is 0.269 e. The summed E-state index contributed by atoms with van der Waals surface area (Å²) in [6.07, 6.45) is 0. The number of amides is 2. The van der Waals surface area contributed by atoms with Crippen LogP contribution in [0.25, 0.3) is 0 Å². The lowest BCUT2D eigenvalue weighted by Crippen LogP contribution is -2.13. The second-order valence-corrected chi connectivity index (χ2v) is 6.23. The minimum Gasteiger partial charge on any atom is -0.322 e. The summed E-state index contributed by atoms with van der Waals surface area (Å²) in [6, 6.07) is 18.4. The molecule has 0 aliphatic carbocycles. The summed E-state index contributed by atoms with van der Waals surface area (Å²) < 4.78 is 0. The van der Waals surface area contributed by atoms with Crippen molar-refractivity contribution in [3.05, 3.63) is 99.1 Å². The number of hydrogen-bond donors (Lipinski definition) is 2. The molecule has 0 atom stereocenters. The first-order chi connectivity index (χ1) is 13.4. The van der Waals surface area contributed by atoms with E-state index in [1.807, 2.05) is 0 Å². The van der Waals surface area contributed by atoms with Gasteiger partial charge in [0.1, 0.15) is 0 Å². The van der Waals surface area contributed by atoms with Crippen LogP contribution in [0.2, 0.25) is 5.02 Å². The normalized spacial score (nSPS) is 10.2. The molecule has 0 heterocycles. The lowest BCUT2D eigenvalue weighted by Gasteiger charge is -2.08. The van der Waals surface area contributed by atoms with E-state index in [1.165, 1.54) is 24.3 Å². The molecule has 0 aliphatic heterocycles.